The first-order valence-corrected chi connectivity index (χ1v) is 8.32. The molecule has 0 amide bonds. The van der Waals surface area contributed by atoms with E-state index in [4.69, 9.17) is 4.98 Å². The van der Waals surface area contributed by atoms with Gasteiger partial charge in [0.25, 0.3) is 0 Å². The maximum absolute atomic E-state index is 4.80. The predicted molar refractivity (Wildman–Crippen MR) is 89.9 cm³/mol. The van der Waals surface area contributed by atoms with Crippen LogP contribution in [0.5, 0.6) is 0 Å². The van der Waals surface area contributed by atoms with Crippen molar-refractivity contribution in [3.05, 3.63) is 51.4 Å². The van der Waals surface area contributed by atoms with E-state index >= 15 is 0 Å². The van der Waals surface area contributed by atoms with Gasteiger partial charge in [0.05, 0.1) is 10.2 Å². The number of nitrogens with zero attached hydrogens (tertiary/aromatic N) is 2. The third kappa shape index (κ3) is 3.43. The summed E-state index contributed by atoms with van der Waals surface area (Å²) in [6.07, 6.45) is 3.27. The van der Waals surface area contributed by atoms with E-state index in [0.717, 1.165) is 29.1 Å². The van der Waals surface area contributed by atoms with Crippen LogP contribution in [0.15, 0.2) is 28.7 Å². The van der Waals surface area contributed by atoms with Gasteiger partial charge in [0.15, 0.2) is 0 Å². The summed E-state index contributed by atoms with van der Waals surface area (Å²) in [5.74, 6) is 2.44. The molecule has 4 heteroatoms. The molecule has 0 spiro atoms. The molecule has 21 heavy (non-hydrogen) atoms. The molecule has 0 atom stereocenters. The number of benzene rings is 1. The molecule has 2 aromatic rings. The number of halogens is 1. The third-order valence-corrected chi connectivity index (χ3v) is 4.50. The van der Waals surface area contributed by atoms with Gasteiger partial charge in [0.1, 0.15) is 11.6 Å². The molecular weight excluding hydrogens is 326 g/mol. The van der Waals surface area contributed by atoms with Crippen molar-refractivity contribution >= 4 is 21.7 Å². The molecule has 1 aromatic heterocycles. The van der Waals surface area contributed by atoms with E-state index in [-0.39, 0.29) is 0 Å². The molecule has 3 rings (SSSR count). The zero-order valence-corrected chi connectivity index (χ0v) is 14.1. The van der Waals surface area contributed by atoms with Crippen LogP contribution >= 0.6 is 15.9 Å². The van der Waals surface area contributed by atoms with E-state index in [1.807, 2.05) is 0 Å². The van der Waals surface area contributed by atoms with Crippen molar-refractivity contribution in [1.82, 2.24) is 9.97 Å². The Morgan fingerprint density at radius 2 is 1.90 bits per heavy atom. The van der Waals surface area contributed by atoms with Crippen LogP contribution in [0, 0.1) is 6.92 Å². The van der Waals surface area contributed by atoms with Gasteiger partial charge in [-0.1, -0.05) is 29.8 Å². The van der Waals surface area contributed by atoms with Crippen molar-refractivity contribution in [3.8, 4) is 0 Å². The standard InChI is InChI=1S/C17H20BrN3/c1-3-19-17-15(18)16(13-8-9-13)20-14(21-17)10-12-6-4-11(2)5-7-12/h4-7,13H,3,8-10H2,1-2H3,(H,19,20,21). The lowest BCUT2D eigenvalue weighted by atomic mass is 10.1. The fourth-order valence-corrected chi connectivity index (χ4v) is 3.03. The van der Waals surface area contributed by atoms with Gasteiger partial charge in [-0.3, -0.25) is 0 Å². The fraction of sp³-hybridized carbons (Fsp3) is 0.412. The second kappa shape index (κ2) is 6.14. The van der Waals surface area contributed by atoms with Crippen molar-refractivity contribution in [2.45, 2.75) is 39.0 Å². The van der Waals surface area contributed by atoms with E-state index in [1.54, 1.807) is 0 Å². The molecule has 1 fully saturated rings. The van der Waals surface area contributed by atoms with Gasteiger partial charge < -0.3 is 5.32 Å². The lowest BCUT2D eigenvalue weighted by Crippen LogP contribution is -2.08. The van der Waals surface area contributed by atoms with Crippen LogP contribution < -0.4 is 5.32 Å². The zero-order chi connectivity index (χ0) is 14.8. The smallest absolute Gasteiger partial charge is 0.144 e. The van der Waals surface area contributed by atoms with Gasteiger partial charge in [0.2, 0.25) is 0 Å². The largest absolute Gasteiger partial charge is 0.369 e. The van der Waals surface area contributed by atoms with Gasteiger partial charge in [0, 0.05) is 18.9 Å². The van der Waals surface area contributed by atoms with E-state index in [1.165, 1.54) is 29.7 Å². The first-order chi connectivity index (χ1) is 10.2. The SMILES string of the molecule is CCNc1nc(Cc2ccc(C)cc2)nc(C2CC2)c1Br. The molecule has 1 aromatic carbocycles. The molecule has 1 saturated carbocycles. The van der Waals surface area contributed by atoms with Crippen molar-refractivity contribution in [2.75, 3.05) is 11.9 Å². The summed E-state index contributed by atoms with van der Waals surface area (Å²) in [7, 11) is 0. The Kier molecular flexibility index (Phi) is 4.24. The average Bonchev–Trinajstić information content (AvgIpc) is 3.29. The van der Waals surface area contributed by atoms with Crippen molar-refractivity contribution in [3.63, 3.8) is 0 Å². The van der Waals surface area contributed by atoms with Crippen molar-refractivity contribution in [1.29, 1.82) is 0 Å². The monoisotopic (exact) mass is 345 g/mol. The minimum atomic E-state index is 0.608. The first-order valence-electron chi connectivity index (χ1n) is 7.53. The molecule has 0 saturated heterocycles. The zero-order valence-electron chi connectivity index (χ0n) is 12.5. The number of rotatable bonds is 5. The summed E-state index contributed by atoms with van der Waals surface area (Å²) >= 11 is 3.66. The maximum atomic E-state index is 4.80. The fourth-order valence-electron chi connectivity index (χ4n) is 2.39. The van der Waals surface area contributed by atoms with Gasteiger partial charge in [-0.2, -0.15) is 0 Å². The normalized spacial score (nSPS) is 14.2. The average molecular weight is 346 g/mol. The Morgan fingerprint density at radius 1 is 1.19 bits per heavy atom. The summed E-state index contributed by atoms with van der Waals surface area (Å²) < 4.78 is 1.04. The highest BCUT2D eigenvalue weighted by atomic mass is 79.9. The summed E-state index contributed by atoms with van der Waals surface area (Å²) in [5, 5.41) is 3.34. The number of anilines is 1. The van der Waals surface area contributed by atoms with Gasteiger partial charge >= 0.3 is 0 Å². The number of aromatic nitrogens is 2. The molecule has 1 N–H and O–H groups in total. The lowest BCUT2D eigenvalue weighted by molar-refractivity contribution is 0.888. The van der Waals surface area contributed by atoms with Gasteiger partial charge in [-0.25, -0.2) is 9.97 Å². The Balaban J connectivity index is 1.91. The topological polar surface area (TPSA) is 37.8 Å². The summed E-state index contributed by atoms with van der Waals surface area (Å²) in [5.41, 5.74) is 3.71. The molecule has 0 radical (unpaired) electrons. The highest BCUT2D eigenvalue weighted by molar-refractivity contribution is 9.10. The van der Waals surface area contributed by atoms with Crippen LogP contribution in [0.1, 0.15) is 48.3 Å². The van der Waals surface area contributed by atoms with Crippen LogP contribution in [0.4, 0.5) is 5.82 Å². The Hall–Kier alpha value is -1.42. The summed E-state index contributed by atoms with van der Waals surface area (Å²) in [4.78, 5) is 9.48. The minimum absolute atomic E-state index is 0.608. The van der Waals surface area contributed by atoms with Crippen LogP contribution in [-0.2, 0) is 6.42 Å². The molecule has 1 heterocycles. The molecule has 0 aliphatic heterocycles. The van der Waals surface area contributed by atoms with Gasteiger partial charge in [-0.15, -0.1) is 0 Å². The van der Waals surface area contributed by atoms with Crippen molar-refractivity contribution < 1.29 is 0 Å². The van der Waals surface area contributed by atoms with E-state index in [2.05, 4.69) is 64.3 Å². The lowest BCUT2D eigenvalue weighted by Gasteiger charge is -2.12. The molecule has 3 nitrogen and oxygen atoms in total. The Labute approximate surface area is 134 Å². The number of hydrogen-bond donors (Lipinski definition) is 1. The van der Waals surface area contributed by atoms with Crippen LogP contribution in [0.25, 0.3) is 0 Å². The number of hydrogen-bond acceptors (Lipinski definition) is 3. The van der Waals surface area contributed by atoms with Crippen molar-refractivity contribution in [2.24, 2.45) is 0 Å². The first kappa shape index (κ1) is 14.5. The molecule has 110 valence electrons. The second-order valence-corrected chi connectivity index (χ2v) is 6.45. The highest BCUT2D eigenvalue weighted by Crippen LogP contribution is 2.43. The maximum Gasteiger partial charge on any atom is 0.144 e. The number of aryl methyl sites for hydroxylation is 1. The molecule has 1 aliphatic rings. The molecule has 0 unspecified atom stereocenters. The van der Waals surface area contributed by atoms with Gasteiger partial charge in [-0.05, 0) is 48.2 Å². The van der Waals surface area contributed by atoms with E-state index < -0.39 is 0 Å². The minimum Gasteiger partial charge on any atom is -0.369 e. The third-order valence-electron chi connectivity index (χ3n) is 3.71. The predicted octanol–water partition coefficient (Wildman–Crippen LogP) is 4.45. The quantitative estimate of drug-likeness (QED) is 0.869. The molecule has 1 aliphatic carbocycles. The van der Waals surface area contributed by atoms with Crippen LogP contribution in [0.2, 0.25) is 0 Å². The van der Waals surface area contributed by atoms with Crippen LogP contribution in [0.3, 0.4) is 0 Å². The summed E-state index contributed by atoms with van der Waals surface area (Å²) in [6.45, 7) is 5.06. The van der Waals surface area contributed by atoms with Crippen LogP contribution in [-0.4, -0.2) is 16.5 Å². The molecular formula is C17H20BrN3. The van der Waals surface area contributed by atoms with E-state index in [0.29, 0.717) is 5.92 Å². The van der Waals surface area contributed by atoms with E-state index in [9.17, 15) is 0 Å². The number of nitrogens with one attached hydrogen (secondary N) is 1. The second-order valence-electron chi connectivity index (χ2n) is 5.65. The Morgan fingerprint density at radius 3 is 2.52 bits per heavy atom. The Bertz CT molecular complexity index is 633. The molecule has 0 bridgehead atoms. The highest BCUT2D eigenvalue weighted by Gasteiger charge is 2.29. The summed E-state index contributed by atoms with van der Waals surface area (Å²) in [6, 6.07) is 8.59.